The Bertz CT molecular complexity index is 819. The molecule has 4 rings (SSSR count). The molecule has 30 heavy (non-hydrogen) atoms. The van der Waals surface area contributed by atoms with Crippen molar-refractivity contribution in [1.82, 2.24) is 25.0 Å². The molecule has 2 aromatic rings. The van der Waals surface area contributed by atoms with Crippen LogP contribution in [0.5, 0.6) is 5.75 Å². The predicted octanol–water partition coefficient (Wildman–Crippen LogP) is 2.12. The molecule has 0 atom stereocenters. The summed E-state index contributed by atoms with van der Waals surface area (Å²) in [6.45, 7) is 7.94. The van der Waals surface area contributed by atoms with Gasteiger partial charge in [-0.2, -0.15) is 0 Å². The van der Waals surface area contributed by atoms with Gasteiger partial charge in [0.05, 0.1) is 13.2 Å². The third-order valence-electron chi connectivity index (χ3n) is 5.60. The van der Waals surface area contributed by atoms with E-state index in [1.165, 1.54) is 11.4 Å². The van der Waals surface area contributed by atoms with Crippen LogP contribution in [0.3, 0.4) is 0 Å². The number of likely N-dealkylation sites (tertiary alicyclic amines) is 1. The molecule has 0 spiro atoms. The maximum Gasteiger partial charge on any atom is 0.344 e. The van der Waals surface area contributed by atoms with Crippen molar-refractivity contribution in [2.75, 3.05) is 32.8 Å². The van der Waals surface area contributed by atoms with Crippen molar-refractivity contribution in [1.29, 1.82) is 0 Å². The number of hydrogen-bond acceptors (Lipinski definition) is 7. The van der Waals surface area contributed by atoms with Gasteiger partial charge in [-0.1, -0.05) is 12.1 Å². The lowest BCUT2D eigenvalue weighted by molar-refractivity contribution is -0.145. The van der Waals surface area contributed by atoms with Crippen molar-refractivity contribution in [2.45, 2.75) is 45.3 Å². The molecular formula is C21H30ClN5O3. The van der Waals surface area contributed by atoms with E-state index < -0.39 is 0 Å². The van der Waals surface area contributed by atoms with Crippen LogP contribution in [0.15, 0.2) is 24.3 Å². The number of carbonyl (C=O) groups excluding carboxylic acids is 1. The first-order valence-electron chi connectivity index (χ1n) is 10.5. The van der Waals surface area contributed by atoms with E-state index in [4.69, 9.17) is 9.47 Å². The van der Waals surface area contributed by atoms with Crippen LogP contribution in [0.2, 0.25) is 0 Å². The number of rotatable bonds is 7. The van der Waals surface area contributed by atoms with Crippen LogP contribution in [0.1, 0.15) is 42.9 Å². The summed E-state index contributed by atoms with van der Waals surface area (Å²) in [5.41, 5.74) is 1.25. The molecule has 164 valence electrons. The molecule has 0 amide bonds. The first kappa shape index (κ1) is 22.5. The molecule has 8 nitrogen and oxygen atoms in total. The van der Waals surface area contributed by atoms with Crippen LogP contribution in [-0.2, 0) is 29.2 Å². The number of ether oxygens (including phenoxy) is 2. The summed E-state index contributed by atoms with van der Waals surface area (Å²) in [5, 5.41) is 12.2. The summed E-state index contributed by atoms with van der Waals surface area (Å²) in [4.78, 5) is 13.9. The lowest BCUT2D eigenvalue weighted by atomic mass is 9.95. The number of nitrogens with zero attached hydrogens (tertiary/aromatic N) is 4. The molecule has 3 heterocycles. The zero-order valence-electron chi connectivity index (χ0n) is 17.4. The lowest BCUT2D eigenvalue weighted by Gasteiger charge is -2.32. The second-order valence-corrected chi connectivity index (χ2v) is 7.59. The number of hydrogen-bond donors (Lipinski definition) is 1. The number of halogens is 1. The fourth-order valence-corrected chi connectivity index (χ4v) is 4.06. The molecule has 9 heteroatoms. The second kappa shape index (κ2) is 10.7. The van der Waals surface area contributed by atoms with Gasteiger partial charge in [0.15, 0.2) is 6.61 Å². The summed E-state index contributed by atoms with van der Waals surface area (Å²) < 4.78 is 12.6. The normalized spacial score (nSPS) is 17.1. The zero-order valence-corrected chi connectivity index (χ0v) is 18.2. The Morgan fingerprint density at radius 2 is 1.93 bits per heavy atom. The maximum atomic E-state index is 11.4. The molecule has 0 aliphatic carbocycles. The molecule has 2 aliphatic heterocycles. The van der Waals surface area contributed by atoms with Crippen LogP contribution in [0.25, 0.3) is 0 Å². The van der Waals surface area contributed by atoms with Crippen LogP contribution < -0.4 is 10.1 Å². The summed E-state index contributed by atoms with van der Waals surface area (Å²) in [6.07, 6.45) is 2.23. The van der Waals surface area contributed by atoms with Crippen molar-refractivity contribution in [3.63, 3.8) is 0 Å². The fourth-order valence-electron chi connectivity index (χ4n) is 4.06. The van der Waals surface area contributed by atoms with Crippen LogP contribution in [0, 0.1) is 0 Å². The van der Waals surface area contributed by atoms with Gasteiger partial charge in [0.2, 0.25) is 0 Å². The minimum Gasteiger partial charge on any atom is -0.482 e. The average Bonchev–Trinajstić information content (AvgIpc) is 3.18. The number of fused-ring (bicyclic) bond motifs is 1. The standard InChI is InChI=1S/C21H29N5O3.ClH/c1-2-28-20(27)15-29-18-5-3-16(4-6-18)14-25-10-7-17(8-11-25)21-24-23-19-13-22-9-12-26(19)21;/h3-6,17,22H,2,7-15H2,1H3;1H. The van der Waals surface area contributed by atoms with Crippen LogP contribution in [-0.4, -0.2) is 58.5 Å². The summed E-state index contributed by atoms with van der Waals surface area (Å²) in [6, 6.07) is 7.96. The van der Waals surface area contributed by atoms with Gasteiger partial charge in [-0.3, -0.25) is 4.90 Å². The van der Waals surface area contributed by atoms with Gasteiger partial charge in [0.1, 0.15) is 17.4 Å². The quantitative estimate of drug-likeness (QED) is 0.667. The Balaban J connectivity index is 0.00000256. The SMILES string of the molecule is CCOC(=O)COc1ccc(CN2CCC(c3nnc4n3CCNC4)CC2)cc1.Cl. The Labute approximate surface area is 183 Å². The number of aromatic nitrogens is 3. The molecule has 2 aliphatic rings. The Hall–Kier alpha value is -2.16. The van der Waals surface area contributed by atoms with Crippen molar-refractivity contribution in [3.05, 3.63) is 41.5 Å². The van der Waals surface area contributed by atoms with E-state index in [9.17, 15) is 4.79 Å². The number of benzene rings is 1. The van der Waals surface area contributed by atoms with E-state index in [1.807, 2.05) is 12.1 Å². The second-order valence-electron chi connectivity index (χ2n) is 7.59. The van der Waals surface area contributed by atoms with Crippen molar-refractivity contribution in [2.24, 2.45) is 0 Å². The van der Waals surface area contributed by atoms with Gasteiger partial charge in [-0.25, -0.2) is 4.79 Å². The number of carbonyl (C=O) groups is 1. The highest BCUT2D eigenvalue weighted by molar-refractivity contribution is 5.85. The fraction of sp³-hybridized carbons (Fsp3) is 0.571. The summed E-state index contributed by atoms with van der Waals surface area (Å²) in [5.74, 6) is 3.09. The molecule has 1 aromatic heterocycles. The summed E-state index contributed by atoms with van der Waals surface area (Å²) in [7, 11) is 0. The number of piperidine rings is 1. The molecular weight excluding hydrogens is 406 g/mol. The Morgan fingerprint density at radius 3 is 2.67 bits per heavy atom. The molecule has 0 unspecified atom stereocenters. The zero-order chi connectivity index (χ0) is 20.1. The lowest BCUT2D eigenvalue weighted by Crippen LogP contribution is -2.34. The number of esters is 1. The van der Waals surface area contributed by atoms with Crippen molar-refractivity contribution < 1.29 is 14.3 Å². The highest BCUT2D eigenvalue weighted by Crippen LogP contribution is 2.28. The Morgan fingerprint density at radius 1 is 1.17 bits per heavy atom. The highest BCUT2D eigenvalue weighted by atomic mass is 35.5. The third kappa shape index (κ3) is 5.50. The van der Waals surface area contributed by atoms with Gasteiger partial charge in [0.25, 0.3) is 0 Å². The minimum absolute atomic E-state index is 0. The van der Waals surface area contributed by atoms with Gasteiger partial charge in [0, 0.05) is 25.6 Å². The number of nitrogens with one attached hydrogen (secondary N) is 1. The van der Waals surface area contributed by atoms with E-state index in [0.717, 1.165) is 57.9 Å². The molecule has 1 aromatic carbocycles. The van der Waals surface area contributed by atoms with Gasteiger partial charge >= 0.3 is 5.97 Å². The molecule has 0 bridgehead atoms. The van der Waals surface area contributed by atoms with E-state index >= 15 is 0 Å². The minimum atomic E-state index is -0.343. The van der Waals surface area contributed by atoms with Crippen LogP contribution >= 0.6 is 12.4 Å². The molecule has 0 saturated carbocycles. The first-order chi connectivity index (χ1) is 14.2. The van der Waals surface area contributed by atoms with Gasteiger partial charge in [-0.15, -0.1) is 22.6 Å². The molecule has 0 radical (unpaired) electrons. The van der Waals surface area contributed by atoms with E-state index in [-0.39, 0.29) is 25.0 Å². The van der Waals surface area contributed by atoms with E-state index in [0.29, 0.717) is 18.3 Å². The monoisotopic (exact) mass is 435 g/mol. The Kier molecular flexibility index (Phi) is 8.07. The highest BCUT2D eigenvalue weighted by Gasteiger charge is 2.26. The molecule has 1 fully saturated rings. The van der Waals surface area contributed by atoms with Gasteiger partial charge in [-0.05, 0) is 50.6 Å². The van der Waals surface area contributed by atoms with Crippen molar-refractivity contribution >= 4 is 18.4 Å². The average molecular weight is 436 g/mol. The topological polar surface area (TPSA) is 81.5 Å². The van der Waals surface area contributed by atoms with E-state index in [2.05, 4.69) is 37.1 Å². The third-order valence-corrected chi connectivity index (χ3v) is 5.60. The first-order valence-corrected chi connectivity index (χ1v) is 10.5. The van der Waals surface area contributed by atoms with E-state index in [1.54, 1.807) is 6.92 Å². The van der Waals surface area contributed by atoms with Crippen LogP contribution in [0.4, 0.5) is 0 Å². The predicted molar refractivity (Wildman–Crippen MR) is 115 cm³/mol. The van der Waals surface area contributed by atoms with Crippen molar-refractivity contribution in [3.8, 4) is 5.75 Å². The van der Waals surface area contributed by atoms with Gasteiger partial charge < -0.3 is 19.4 Å². The molecule has 1 N–H and O–H groups in total. The maximum absolute atomic E-state index is 11.4. The largest absolute Gasteiger partial charge is 0.482 e. The molecule has 1 saturated heterocycles. The smallest absolute Gasteiger partial charge is 0.344 e. The summed E-state index contributed by atoms with van der Waals surface area (Å²) >= 11 is 0.